The predicted molar refractivity (Wildman–Crippen MR) is 82.3 cm³/mol. The van der Waals surface area contributed by atoms with Crippen LogP contribution in [0.25, 0.3) is 0 Å². The number of Topliss-reactive ketones (excluding diaryl/α,β-unsaturated/α-hetero) is 1. The van der Waals surface area contributed by atoms with Gasteiger partial charge in [0.05, 0.1) is 22.0 Å². The van der Waals surface area contributed by atoms with Gasteiger partial charge in [-0.05, 0) is 23.6 Å². The fraction of sp³-hybridized carbons (Fsp3) is 0.143. The first-order chi connectivity index (χ1) is 9.91. The standard InChI is InChI=1S/C14H9Cl2NO3S/c15-7-4-8(16)12-9(5-7)17-13(19)14(12,20)6-10(18)11-2-1-3-21-11/h1-5,20H,6H2,(H,17,19)/t14-/m1/s1. The van der Waals surface area contributed by atoms with Crippen molar-refractivity contribution < 1.29 is 14.7 Å². The van der Waals surface area contributed by atoms with Crippen molar-refractivity contribution in [2.75, 3.05) is 5.32 Å². The second-order valence-electron chi connectivity index (χ2n) is 4.70. The summed E-state index contributed by atoms with van der Waals surface area (Å²) in [7, 11) is 0. The van der Waals surface area contributed by atoms with E-state index in [9.17, 15) is 14.7 Å². The van der Waals surface area contributed by atoms with E-state index in [-0.39, 0.29) is 22.8 Å². The predicted octanol–water partition coefficient (Wildman–Crippen LogP) is 3.47. The van der Waals surface area contributed by atoms with E-state index >= 15 is 0 Å². The van der Waals surface area contributed by atoms with Gasteiger partial charge in [0.1, 0.15) is 0 Å². The van der Waals surface area contributed by atoms with Crippen molar-refractivity contribution in [2.45, 2.75) is 12.0 Å². The van der Waals surface area contributed by atoms with Gasteiger partial charge in [-0.2, -0.15) is 0 Å². The summed E-state index contributed by atoms with van der Waals surface area (Å²) >= 11 is 13.2. The number of rotatable bonds is 3. The Balaban J connectivity index is 2.03. The summed E-state index contributed by atoms with van der Waals surface area (Å²) in [5.74, 6) is -0.993. The fourth-order valence-corrected chi connectivity index (χ4v) is 3.67. The molecule has 1 aliphatic heterocycles. The summed E-state index contributed by atoms with van der Waals surface area (Å²) in [5.41, 5.74) is -1.44. The van der Waals surface area contributed by atoms with Crippen molar-refractivity contribution in [1.29, 1.82) is 0 Å². The number of hydrogen-bond acceptors (Lipinski definition) is 4. The number of halogens is 2. The molecule has 1 atom stereocenters. The number of fused-ring (bicyclic) bond motifs is 1. The van der Waals surface area contributed by atoms with Gasteiger partial charge < -0.3 is 10.4 Å². The summed E-state index contributed by atoms with van der Waals surface area (Å²) in [6.07, 6.45) is -0.367. The van der Waals surface area contributed by atoms with Crippen LogP contribution < -0.4 is 5.32 Å². The molecule has 108 valence electrons. The van der Waals surface area contributed by atoms with E-state index in [2.05, 4.69) is 5.32 Å². The van der Waals surface area contributed by atoms with Crippen LogP contribution in [0.3, 0.4) is 0 Å². The Bertz CT molecular complexity index is 745. The maximum Gasteiger partial charge on any atom is 0.261 e. The van der Waals surface area contributed by atoms with Crippen LogP contribution in [0.5, 0.6) is 0 Å². The molecule has 0 unspecified atom stereocenters. The average molecular weight is 342 g/mol. The molecule has 0 bridgehead atoms. The first-order valence-electron chi connectivity index (χ1n) is 6.02. The Morgan fingerprint density at radius 2 is 2.14 bits per heavy atom. The van der Waals surface area contributed by atoms with Crippen LogP contribution in [0, 0.1) is 0 Å². The summed E-state index contributed by atoms with van der Waals surface area (Å²) in [4.78, 5) is 24.8. The number of anilines is 1. The van der Waals surface area contributed by atoms with Gasteiger partial charge in [-0.3, -0.25) is 9.59 Å². The van der Waals surface area contributed by atoms with Crippen molar-refractivity contribution in [2.24, 2.45) is 0 Å². The Labute approximate surface area is 134 Å². The molecule has 21 heavy (non-hydrogen) atoms. The van der Waals surface area contributed by atoms with Crippen LogP contribution >= 0.6 is 34.5 Å². The number of hydrogen-bond donors (Lipinski definition) is 2. The van der Waals surface area contributed by atoms with Crippen molar-refractivity contribution >= 4 is 51.9 Å². The molecule has 1 aromatic heterocycles. The molecule has 3 rings (SSSR count). The second-order valence-corrected chi connectivity index (χ2v) is 6.49. The minimum atomic E-state index is -1.97. The lowest BCUT2D eigenvalue weighted by atomic mass is 9.89. The van der Waals surface area contributed by atoms with Gasteiger partial charge in [0.25, 0.3) is 5.91 Å². The van der Waals surface area contributed by atoms with Gasteiger partial charge in [0, 0.05) is 10.6 Å². The van der Waals surface area contributed by atoms with E-state index in [0.29, 0.717) is 15.6 Å². The molecule has 0 saturated heterocycles. The van der Waals surface area contributed by atoms with E-state index in [1.165, 1.54) is 23.5 Å². The number of benzene rings is 1. The number of carbonyl (C=O) groups excluding carboxylic acids is 2. The molecule has 7 heteroatoms. The van der Waals surface area contributed by atoms with Crippen LogP contribution in [-0.2, 0) is 10.4 Å². The number of ketones is 1. The summed E-state index contributed by atoms with van der Waals surface area (Å²) in [5, 5.41) is 15.5. The zero-order valence-electron chi connectivity index (χ0n) is 10.5. The van der Waals surface area contributed by atoms with Crippen LogP contribution in [0.4, 0.5) is 5.69 Å². The lowest BCUT2D eigenvalue weighted by molar-refractivity contribution is -0.133. The molecule has 1 amide bonds. The fourth-order valence-electron chi connectivity index (χ4n) is 2.36. The van der Waals surface area contributed by atoms with Crippen molar-refractivity contribution in [1.82, 2.24) is 0 Å². The molecule has 4 nitrogen and oxygen atoms in total. The zero-order chi connectivity index (χ0) is 15.2. The Hall–Kier alpha value is -1.40. The Morgan fingerprint density at radius 1 is 1.38 bits per heavy atom. The van der Waals surface area contributed by atoms with Crippen molar-refractivity contribution in [3.8, 4) is 0 Å². The van der Waals surface area contributed by atoms with E-state index in [0.717, 1.165) is 0 Å². The topological polar surface area (TPSA) is 66.4 Å². The molecule has 0 radical (unpaired) electrons. The number of nitrogens with one attached hydrogen (secondary N) is 1. The Morgan fingerprint density at radius 3 is 2.81 bits per heavy atom. The van der Waals surface area contributed by atoms with Gasteiger partial charge in [-0.15, -0.1) is 11.3 Å². The van der Waals surface area contributed by atoms with E-state index in [4.69, 9.17) is 23.2 Å². The molecule has 0 fully saturated rings. The monoisotopic (exact) mass is 341 g/mol. The Kier molecular flexibility index (Phi) is 3.53. The largest absolute Gasteiger partial charge is 0.375 e. The highest BCUT2D eigenvalue weighted by Crippen LogP contribution is 2.44. The maximum atomic E-state index is 12.2. The van der Waals surface area contributed by atoms with Crippen molar-refractivity contribution in [3.05, 3.63) is 50.1 Å². The molecule has 0 aliphatic carbocycles. The van der Waals surface area contributed by atoms with Crippen LogP contribution in [0.15, 0.2) is 29.6 Å². The lowest BCUT2D eigenvalue weighted by Crippen LogP contribution is -2.36. The first-order valence-corrected chi connectivity index (χ1v) is 7.65. The molecule has 2 heterocycles. The number of aliphatic hydroxyl groups is 1. The normalized spacial score (nSPS) is 20.2. The van der Waals surface area contributed by atoms with E-state index in [1.807, 2.05) is 0 Å². The number of carbonyl (C=O) groups is 2. The lowest BCUT2D eigenvalue weighted by Gasteiger charge is -2.20. The molecule has 0 saturated carbocycles. The van der Waals surface area contributed by atoms with Crippen molar-refractivity contribution in [3.63, 3.8) is 0 Å². The first kappa shape index (κ1) is 14.5. The molecule has 1 aliphatic rings. The van der Waals surface area contributed by atoms with Crippen LogP contribution in [0.1, 0.15) is 21.7 Å². The molecule has 2 N–H and O–H groups in total. The van der Waals surface area contributed by atoms with Gasteiger partial charge in [0.2, 0.25) is 0 Å². The summed E-state index contributed by atoms with van der Waals surface area (Å²) in [6, 6.07) is 6.31. The smallest absolute Gasteiger partial charge is 0.261 e. The third-order valence-electron chi connectivity index (χ3n) is 3.30. The SMILES string of the molecule is O=C(C[C@]1(O)C(=O)Nc2cc(Cl)cc(Cl)c21)c1cccs1. The average Bonchev–Trinajstić information content (AvgIpc) is 2.97. The summed E-state index contributed by atoms with van der Waals surface area (Å²) in [6.45, 7) is 0. The molecular formula is C14H9Cl2NO3S. The van der Waals surface area contributed by atoms with Crippen LogP contribution in [-0.4, -0.2) is 16.8 Å². The second kappa shape index (κ2) is 5.10. The van der Waals surface area contributed by atoms with Crippen LogP contribution in [0.2, 0.25) is 10.0 Å². The molecule has 0 spiro atoms. The highest BCUT2D eigenvalue weighted by atomic mass is 35.5. The van der Waals surface area contributed by atoms with Gasteiger partial charge in [-0.1, -0.05) is 29.3 Å². The number of thiophene rings is 1. The highest BCUT2D eigenvalue weighted by molar-refractivity contribution is 7.12. The maximum absolute atomic E-state index is 12.2. The minimum absolute atomic E-state index is 0.150. The molecular weight excluding hydrogens is 333 g/mol. The van der Waals surface area contributed by atoms with Gasteiger partial charge in [0.15, 0.2) is 11.4 Å². The minimum Gasteiger partial charge on any atom is -0.375 e. The molecule has 2 aromatic rings. The quantitative estimate of drug-likeness (QED) is 0.840. The van der Waals surface area contributed by atoms with E-state index < -0.39 is 11.5 Å². The third-order valence-corrected chi connectivity index (χ3v) is 4.73. The highest BCUT2D eigenvalue weighted by Gasteiger charge is 2.48. The zero-order valence-corrected chi connectivity index (χ0v) is 12.9. The van der Waals surface area contributed by atoms with Gasteiger partial charge >= 0.3 is 0 Å². The third kappa shape index (κ3) is 2.36. The number of amides is 1. The summed E-state index contributed by atoms with van der Waals surface area (Å²) < 4.78 is 0. The molecule has 1 aromatic carbocycles. The van der Waals surface area contributed by atoms with E-state index in [1.54, 1.807) is 17.5 Å². The van der Waals surface area contributed by atoms with Gasteiger partial charge in [-0.25, -0.2) is 0 Å².